The first kappa shape index (κ1) is 12.6. The third-order valence-electron chi connectivity index (χ3n) is 2.28. The van der Waals surface area contributed by atoms with Crippen LogP contribution in [0.15, 0.2) is 46.9 Å². The molecule has 0 atom stereocenters. The second kappa shape index (κ2) is 5.18. The molecule has 0 saturated carbocycles. The quantitative estimate of drug-likeness (QED) is 0.671. The minimum absolute atomic E-state index is 0.0102. The number of nitrogen functional groups attached to an aromatic ring is 1. The first-order valence-electron chi connectivity index (χ1n) is 5.13. The van der Waals surface area contributed by atoms with Gasteiger partial charge in [-0.2, -0.15) is 0 Å². The number of rotatable bonds is 3. The van der Waals surface area contributed by atoms with Crippen LogP contribution >= 0.6 is 15.9 Å². The van der Waals surface area contributed by atoms with Gasteiger partial charge >= 0.3 is 0 Å². The van der Waals surface area contributed by atoms with Crippen LogP contribution in [-0.2, 0) is 0 Å². The second-order valence-corrected chi connectivity index (χ2v) is 4.47. The molecule has 0 aliphatic heterocycles. The number of ether oxygens (including phenoxy) is 1. The van der Waals surface area contributed by atoms with Gasteiger partial charge in [-0.15, -0.1) is 0 Å². The zero-order valence-electron chi connectivity index (χ0n) is 9.28. The van der Waals surface area contributed by atoms with E-state index >= 15 is 0 Å². The maximum atomic E-state index is 12.7. The molecule has 0 aliphatic carbocycles. The van der Waals surface area contributed by atoms with E-state index in [1.54, 1.807) is 30.3 Å². The van der Waals surface area contributed by atoms with Crippen molar-refractivity contribution in [1.82, 2.24) is 0 Å². The highest BCUT2D eigenvalue weighted by Crippen LogP contribution is 2.30. The van der Waals surface area contributed by atoms with Gasteiger partial charge < -0.3 is 10.5 Å². The number of amidine groups is 1. The van der Waals surface area contributed by atoms with Crippen LogP contribution in [0.25, 0.3) is 0 Å². The van der Waals surface area contributed by atoms with E-state index in [1.807, 2.05) is 0 Å². The average molecular weight is 309 g/mol. The lowest BCUT2D eigenvalue weighted by molar-refractivity contribution is 0.477. The summed E-state index contributed by atoms with van der Waals surface area (Å²) in [5.41, 5.74) is 5.99. The Bertz CT molecular complexity index is 584. The summed E-state index contributed by atoms with van der Waals surface area (Å²) in [5, 5.41) is 7.32. The molecular formula is C13H10BrFN2O. The minimum Gasteiger partial charge on any atom is -0.456 e. The second-order valence-electron chi connectivity index (χ2n) is 3.61. The van der Waals surface area contributed by atoms with Crippen LogP contribution in [0.5, 0.6) is 11.5 Å². The molecule has 2 aromatic carbocycles. The maximum Gasteiger partial charge on any atom is 0.141 e. The molecule has 0 saturated heterocycles. The van der Waals surface area contributed by atoms with E-state index in [1.165, 1.54) is 12.1 Å². The van der Waals surface area contributed by atoms with E-state index in [9.17, 15) is 4.39 Å². The molecule has 0 heterocycles. The van der Waals surface area contributed by atoms with Crippen LogP contribution in [0, 0.1) is 11.2 Å². The zero-order chi connectivity index (χ0) is 13.1. The van der Waals surface area contributed by atoms with Crippen molar-refractivity contribution >= 4 is 21.8 Å². The zero-order valence-corrected chi connectivity index (χ0v) is 10.9. The highest BCUT2D eigenvalue weighted by Gasteiger charge is 2.05. The predicted octanol–water partition coefficient (Wildman–Crippen LogP) is 3.66. The molecule has 0 aliphatic rings. The number of nitrogens with two attached hydrogens (primary N) is 1. The van der Waals surface area contributed by atoms with Crippen molar-refractivity contribution in [2.75, 3.05) is 0 Å². The number of hydrogen-bond donors (Lipinski definition) is 2. The third-order valence-corrected chi connectivity index (χ3v) is 2.90. The maximum absolute atomic E-state index is 12.7. The molecule has 5 heteroatoms. The molecule has 0 unspecified atom stereocenters. The molecule has 18 heavy (non-hydrogen) atoms. The molecule has 2 rings (SSSR count). The summed E-state index contributed by atoms with van der Waals surface area (Å²) in [6.45, 7) is 0. The van der Waals surface area contributed by atoms with Crippen molar-refractivity contribution < 1.29 is 9.13 Å². The number of hydrogen-bond acceptors (Lipinski definition) is 2. The van der Waals surface area contributed by atoms with E-state index in [-0.39, 0.29) is 11.7 Å². The van der Waals surface area contributed by atoms with Gasteiger partial charge in [0.2, 0.25) is 0 Å². The van der Waals surface area contributed by atoms with Crippen LogP contribution in [0.3, 0.4) is 0 Å². The van der Waals surface area contributed by atoms with Gasteiger partial charge in [0.25, 0.3) is 0 Å². The fourth-order valence-electron chi connectivity index (χ4n) is 1.38. The summed E-state index contributed by atoms with van der Waals surface area (Å²) in [5.74, 6) is 0.789. The van der Waals surface area contributed by atoms with Crippen molar-refractivity contribution in [3.05, 3.63) is 58.3 Å². The van der Waals surface area contributed by atoms with Crippen molar-refractivity contribution in [2.24, 2.45) is 5.73 Å². The summed E-state index contributed by atoms with van der Waals surface area (Å²) < 4.78 is 19.0. The molecular weight excluding hydrogens is 299 g/mol. The van der Waals surface area contributed by atoms with Crippen LogP contribution in [0.4, 0.5) is 4.39 Å². The van der Waals surface area contributed by atoms with Gasteiger partial charge in [-0.25, -0.2) is 4.39 Å². The Morgan fingerprint density at radius 2 is 1.83 bits per heavy atom. The summed E-state index contributed by atoms with van der Waals surface area (Å²) in [6.07, 6.45) is 0. The minimum atomic E-state index is -0.312. The first-order chi connectivity index (χ1) is 8.56. The summed E-state index contributed by atoms with van der Waals surface area (Å²) >= 11 is 3.34. The van der Waals surface area contributed by atoms with Crippen LogP contribution in [0.1, 0.15) is 5.56 Å². The Kier molecular flexibility index (Phi) is 3.62. The third kappa shape index (κ3) is 2.87. The van der Waals surface area contributed by atoms with Gasteiger partial charge in [0.1, 0.15) is 23.2 Å². The molecule has 92 valence electrons. The predicted molar refractivity (Wildman–Crippen MR) is 71.6 cm³/mol. The Morgan fingerprint density at radius 3 is 2.39 bits per heavy atom. The normalized spacial score (nSPS) is 10.1. The van der Waals surface area contributed by atoms with Gasteiger partial charge in [-0.05, 0) is 58.4 Å². The summed E-state index contributed by atoms with van der Waals surface area (Å²) in [6, 6.07) is 10.8. The fraction of sp³-hybridized carbons (Fsp3) is 0. The van der Waals surface area contributed by atoms with E-state index in [2.05, 4.69) is 15.9 Å². The van der Waals surface area contributed by atoms with Crippen LogP contribution in [0.2, 0.25) is 0 Å². The lowest BCUT2D eigenvalue weighted by Gasteiger charge is -2.08. The SMILES string of the molecule is N=C(N)c1ccc(Oc2ccc(F)cc2)c(Br)c1. The molecule has 3 N–H and O–H groups in total. The van der Waals surface area contributed by atoms with Gasteiger partial charge in [-0.1, -0.05) is 0 Å². The van der Waals surface area contributed by atoms with Gasteiger partial charge in [0.15, 0.2) is 0 Å². The summed E-state index contributed by atoms with van der Waals surface area (Å²) in [4.78, 5) is 0. The molecule has 0 aromatic heterocycles. The lowest BCUT2D eigenvalue weighted by atomic mass is 10.2. The average Bonchev–Trinajstić information content (AvgIpc) is 2.34. The molecule has 0 fully saturated rings. The molecule has 3 nitrogen and oxygen atoms in total. The Labute approximate surface area is 112 Å². The van der Waals surface area contributed by atoms with E-state index in [4.69, 9.17) is 15.9 Å². The topological polar surface area (TPSA) is 59.1 Å². The molecule has 2 aromatic rings. The van der Waals surface area contributed by atoms with E-state index in [0.29, 0.717) is 21.5 Å². The molecule has 0 spiro atoms. The van der Waals surface area contributed by atoms with Crippen molar-refractivity contribution in [3.63, 3.8) is 0 Å². The first-order valence-corrected chi connectivity index (χ1v) is 5.93. The fourth-order valence-corrected chi connectivity index (χ4v) is 1.84. The van der Waals surface area contributed by atoms with Crippen LogP contribution in [-0.4, -0.2) is 5.84 Å². The standard InChI is InChI=1S/C13H10BrFN2O/c14-11-7-8(13(16)17)1-6-12(11)18-10-4-2-9(15)3-5-10/h1-7H,(H3,16,17). The molecule has 0 radical (unpaired) electrons. The Hall–Kier alpha value is -1.88. The highest BCUT2D eigenvalue weighted by atomic mass is 79.9. The van der Waals surface area contributed by atoms with E-state index in [0.717, 1.165) is 0 Å². The molecule has 0 amide bonds. The highest BCUT2D eigenvalue weighted by molar-refractivity contribution is 9.10. The van der Waals surface area contributed by atoms with Crippen molar-refractivity contribution in [1.29, 1.82) is 5.41 Å². The lowest BCUT2D eigenvalue weighted by Crippen LogP contribution is -2.10. The van der Waals surface area contributed by atoms with Crippen molar-refractivity contribution in [2.45, 2.75) is 0 Å². The monoisotopic (exact) mass is 308 g/mol. The van der Waals surface area contributed by atoms with E-state index < -0.39 is 0 Å². The summed E-state index contributed by atoms with van der Waals surface area (Å²) in [7, 11) is 0. The van der Waals surface area contributed by atoms with Gasteiger partial charge in [0.05, 0.1) is 4.47 Å². The van der Waals surface area contributed by atoms with Gasteiger partial charge in [-0.3, -0.25) is 5.41 Å². The van der Waals surface area contributed by atoms with Gasteiger partial charge in [0, 0.05) is 5.56 Å². The number of nitrogens with one attached hydrogen (secondary N) is 1. The largest absolute Gasteiger partial charge is 0.456 e. The van der Waals surface area contributed by atoms with Crippen molar-refractivity contribution in [3.8, 4) is 11.5 Å². The Balaban J connectivity index is 2.24. The number of benzene rings is 2. The smallest absolute Gasteiger partial charge is 0.141 e. The number of halogens is 2. The molecule has 0 bridgehead atoms. The van der Waals surface area contributed by atoms with Crippen LogP contribution < -0.4 is 10.5 Å². The Morgan fingerprint density at radius 1 is 1.17 bits per heavy atom.